The van der Waals surface area contributed by atoms with Gasteiger partial charge in [-0.2, -0.15) is 0 Å². The average Bonchev–Trinajstić information content (AvgIpc) is 0. The zero-order valence-electron chi connectivity index (χ0n) is 3.03. The fourth-order valence-corrected chi connectivity index (χ4v) is 0. The molecule has 0 saturated heterocycles. The van der Waals surface area contributed by atoms with Gasteiger partial charge < -0.3 is 0 Å². The van der Waals surface area contributed by atoms with Gasteiger partial charge in [0.1, 0.15) is 0 Å². The first-order valence-electron chi connectivity index (χ1n) is 0. The number of hydrogen-bond acceptors (Lipinski definition) is 0. The van der Waals surface area contributed by atoms with E-state index in [4.69, 9.17) is 0 Å². The average molecular weight is 263 g/mol. The van der Waals surface area contributed by atoms with Crippen LogP contribution in [0.2, 0.25) is 0 Å². The maximum absolute atomic E-state index is 0. The third-order valence-electron chi connectivity index (χ3n) is 0. The summed E-state index contributed by atoms with van der Waals surface area (Å²) in [6.07, 6.45) is 0. The minimum Gasteiger partial charge on any atom is -0.0125 e. The van der Waals surface area contributed by atoms with Crippen molar-refractivity contribution < 1.29 is 68.0 Å². The van der Waals surface area contributed by atoms with Gasteiger partial charge in [-0.15, -0.1) is 0 Å². The zero-order chi connectivity index (χ0) is 0. The maximum atomic E-state index is 0. The third-order valence-corrected chi connectivity index (χ3v) is 0. The van der Waals surface area contributed by atoms with E-state index in [2.05, 4.69) is 0 Å². The fraction of sp³-hybridized carbons (Fsp3) is 0. The van der Waals surface area contributed by atoms with Crippen LogP contribution in [-0.4, -0.2) is 19.4 Å². The molecule has 0 nitrogen and oxygen atoms in total. The van der Waals surface area contributed by atoms with Crippen LogP contribution in [0.1, 0.15) is 0 Å². The third kappa shape index (κ3) is 32.9. The molecule has 6 heteroatoms. The first kappa shape index (κ1) is 81.8. The predicted molar refractivity (Wildman–Crippen MR) is 15.7 cm³/mol. The van der Waals surface area contributed by atoms with E-state index >= 15 is 0 Å². The summed E-state index contributed by atoms with van der Waals surface area (Å²) in [4.78, 5) is 0. The molecule has 0 aliphatic carbocycles. The number of rotatable bonds is 0. The largest absolute Gasteiger partial charge is 0.0125 e. The smallest absolute Gasteiger partial charge is 0 e. The topological polar surface area (TPSA) is 0 Å². The van der Waals surface area contributed by atoms with Gasteiger partial charge in [0.2, 0.25) is 0 Å². The van der Waals surface area contributed by atoms with E-state index in [1.54, 1.807) is 0 Å². The minimum absolute atomic E-state index is 0. The van der Waals surface area contributed by atoms with E-state index < -0.39 is 0 Å². The van der Waals surface area contributed by atoms with Gasteiger partial charge in [-0.25, -0.2) is 0 Å². The molecule has 0 aromatic rings. The van der Waals surface area contributed by atoms with Crippen molar-refractivity contribution in [3.8, 4) is 0 Å². The SMILES string of the molecule is [B].[Cr].[Fe].[Mn].[Ni].[SiH3]. The van der Waals surface area contributed by atoms with Crippen molar-refractivity contribution in [3.05, 3.63) is 0 Å². The first-order valence-corrected chi connectivity index (χ1v) is 0. The molecule has 41 valence electrons. The van der Waals surface area contributed by atoms with Crippen LogP contribution in [0.3, 0.4) is 0 Å². The zero-order valence-corrected chi connectivity index (χ0v) is 9.58. The second kappa shape index (κ2) is 53.7. The molecule has 0 aromatic heterocycles. The van der Waals surface area contributed by atoms with E-state index in [1.165, 1.54) is 0 Å². The Labute approximate surface area is 86.6 Å². The summed E-state index contributed by atoms with van der Waals surface area (Å²) in [5.41, 5.74) is 0. The summed E-state index contributed by atoms with van der Waals surface area (Å²) in [5.74, 6) is 0. The van der Waals surface area contributed by atoms with Gasteiger partial charge in [-0.1, -0.05) is 0 Å². The van der Waals surface area contributed by atoms with Crippen LogP contribution >= 0.6 is 0 Å². The molecule has 0 unspecified atom stereocenters. The van der Waals surface area contributed by atoms with E-state index in [1.807, 2.05) is 0 Å². The van der Waals surface area contributed by atoms with Crippen LogP contribution in [0, 0.1) is 0 Å². The van der Waals surface area contributed by atoms with Gasteiger partial charge in [0.25, 0.3) is 0 Å². The van der Waals surface area contributed by atoms with Crippen LogP contribution < -0.4 is 0 Å². The van der Waals surface area contributed by atoms with Crippen molar-refractivity contribution in [1.82, 2.24) is 0 Å². The van der Waals surface area contributed by atoms with Gasteiger partial charge in [0, 0.05) is 76.4 Å². The van der Waals surface area contributed by atoms with Crippen molar-refractivity contribution in [1.29, 1.82) is 0 Å². The Morgan fingerprint density at radius 1 is 1.00 bits per heavy atom. The molecular formula is H3BCrFeMnNiSi. The summed E-state index contributed by atoms with van der Waals surface area (Å²) < 4.78 is 0. The molecule has 0 aliphatic heterocycles. The second-order valence-corrected chi connectivity index (χ2v) is 0. The van der Waals surface area contributed by atoms with Gasteiger partial charge in [-0.05, 0) is 11.0 Å². The van der Waals surface area contributed by atoms with Crippen molar-refractivity contribution >= 4 is 19.4 Å². The molecule has 0 N–H and O–H groups in total. The van der Waals surface area contributed by atoms with Gasteiger partial charge in [0.15, 0.2) is 0 Å². The van der Waals surface area contributed by atoms with E-state index in [0.29, 0.717) is 0 Å². The van der Waals surface area contributed by atoms with E-state index in [9.17, 15) is 0 Å². The van der Waals surface area contributed by atoms with Crippen LogP contribution in [-0.2, 0) is 68.0 Å². The Bertz CT molecular complexity index is 15.5. The molecule has 0 atom stereocenters. The molecule has 0 bridgehead atoms. The van der Waals surface area contributed by atoms with Crippen LogP contribution in [0.15, 0.2) is 0 Å². The molecule has 0 fully saturated rings. The van der Waals surface area contributed by atoms with E-state index in [-0.39, 0.29) is 87.4 Å². The summed E-state index contributed by atoms with van der Waals surface area (Å²) in [7, 11) is 0. The van der Waals surface area contributed by atoms with Crippen LogP contribution in [0.5, 0.6) is 0 Å². The summed E-state index contributed by atoms with van der Waals surface area (Å²) in [6.45, 7) is 0. The monoisotopic (exact) mass is 263 g/mol. The Balaban J connectivity index is 0. The Kier molecular flexibility index (Phi) is 733. The van der Waals surface area contributed by atoms with Gasteiger partial charge in [0.05, 0.1) is 0 Å². The summed E-state index contributed by atoms with van der Waals surface area (Å²) in [6, 6.07) is 0. The standard InChI is InChI=1S/B.Cr.Fe.Mn.Ni.H3Si/h;;;;;1H3. The second-order valence-electron chi connectivity index (χ2n) is 0. The van der Waals surface area contributed by atoms with Crippen molar-refractivity contribution in [2.24, 2.45) is 0 Å². The molecule has 0 aromatic carbocycles. The molecular weight excluding hydrogens is 260 g/mol. The van der Waals surface area contributed by atoms with E-state index in [0.717, 1.165) is 0 Å². The van der Waals surface area contributed by atoms with Crippen molar-refractivity contribution in [2.45, 2.75) is 0 Å². The first-order chi connectivity index (χ1) is 0. The molecule has 0 heterocycles. The maximum Gasteiger partial charge on any atom is 0 e. The Hall–Kier alpha value is 2.35. The molecule has 6 heavy (non-hydrogen) atoms. The van der Waals surface area contributed by atoms with Crippen molar-refractivity contribution in [3.63, 3.8) is 0 Å². The minimum atomic E-state index is 0. The van der Waals surface area contributed by atoms with Crippen LogP contribution in [0.4, 0.5) is 0 Å². The quantitative estimate of drug-likeness (QED) is 0.463. The van der Waals surface area contributed by atoms with Gasteiger partial charge in [-0.3, -0.25) is 0 Å². The molecule has 0 aliphatic rings. The summed E-state index contributed by atoms with van der Waals surface area (Å²) in [5, 5.41) is 0. The molecule has 0 amide bonds. The Morgan fingerprint density at radius 3 is 1.00 bits per heavy atom. The normalized spacial score (nSPS) is 0. The number of hydrogen-bond donors (Lipinski definition) is 0. The van der Waals surface area contributed by atoms with Gasteiger partial charge >= 0.3 is 0 Å². The predicted octanol–water partition coefficient (Wildman–Crippen LogP) is -1.57. The molecule has 0 rings (SSSR count). The molecule has 0 spiro atoms. The fourth-order valence-electron chi connectivity index (χ4n) is 0. The summed E-state index contributed by atoms with van der Waals surface area (Å²) >= 11 is 0. The van der Waals surface area contributed by atoms with Crippen molar-refractivity contribution in [2.75, 3.05) is 0 Å². The molecule has 0 saturated carbocycles. The Morgan fingerprint density at radius 2 is 1.00 bits per heavy atom. The van der Waals surface area contributed by atoms with Crippen LogP contribution in [0.25, 0.3) is 0 Å². The molecule has 5 radical (unpaired) electrons.